The zero-order valence-electron chi connectivity index (χ0n) is 17.6. The molecule has 2 fully saturated rings. The number of nitrogens with one attached hydrogen (secondary N) is 1. The number of benzene rings is 1. The predicted octanol–water partition coefficient (Wildman–Crippen LogP) is 3.33. The minimum absolute atomic E-state index is 0.0628. The van der Waals surface area contributed by atoms with Gasteiger partial charge in [0.05, 0.1) is 6.54 Å². The van der Waals surface area contributed by atoms with E-state index in [9.17, 15) is 9.59 Å². The van der Waals surface area contributed by atoms with E-state index in [4.69, 9.17) is 0 Å². The van der Waals surface area contributed by atoms with E-state index in [1.54, 1.807) is 0 Å². The number of amides is 2. The number of rotatable bonds is 4. The van der Waals surface area contributed by atoms with Crippen LogP contribution in [0.4, 0.5) is 4.79 Å². The van der Waals surface area contributed by atoms with Gasteiger partial charge in [-0.15, -0.1) is 0 Å². The Bertz CT molecular complexity index is 890. The van der Waals surface area contributed by atoms with Crippen LogP contribution in [0, 0.1) is 6.92 Å². The second-order valence-electron chi connectivity index (χ2n) is 8.51. The van der Waals surface area contributed by atoms with Crippen LogP contribution in [0.3, 0.4) is 0 Å². The summed E-state index contributed by atoms with van der Waals surface area (Å²) in [5, 5.41) is 4.23. The van der Waals surface area contributed by atoms with Gasteiger partial charge in [0.1, 0.15) is 0 Å². The minimum atomic E-state index is 0.0628. The standard InChI is InChI=1S/C23H32N4O2/c1-17-22(19-10-6-7-11-20(19)25(17)2)21(28)16-26-12-14-27(15-13-26)23(29)24-18-8-4-3-5-9-18/h6-7,10-11,18H,3-5,8-9,12-16H2,1-2H3,(H,24,29). The molecule has 1 aromatic heterocycles. The highest BCUT2D eigenvalue weighted by molar-refractivity contribution is 6.10. The smallest absolute Gasteiger partial charge is 0.317 e. The highest BCUT2D eigenvalue weighted by Gasteiger charge is 2.26. The largest absolute Gasteiger partial charge is 0.347 e. The third-order valence-electron chi connectivity index (χ3n) is 6.64. The fraction of sp³-hybridized carbons (Fsp3) is 0.565. The molecule has 2 aromatic rings. The van der Waals surface area contributed by atoms with Crippen LogP contribution in [0.15, 0.2) is 24.3 Å². The van der Waals surface area contributed by atoms with Crippen LogP contribution in [0.5, 0.6) is 0 Å². The van der Waals surface area contributed by atoms with Crippen LogP contribution in [-0.4, -0.2) is 64.9 Å². The number of hydrogen-bond donors (Lipinski definition) is 1. The van der Waals surface area contributed by atoms with Crippen molar-refractivity contribution in [2.24, 2.45) is 7.05 Å². The molecule has 1 saturated heterocycles. The van der Waals surface area contributed by atoms with Crippen molar-refractivity contribution in [1.82, 2.24) is 19.7 Å². The Morgan fingerprint density at radius 2 is 1.72 bits per heavy atom. The summed E-state index contributed by atoms with van der Waals surface area (Å²) in [5.74, 6) is 0.166. The molecule has 1 saturated carbocycles. The zero-order chi connectivity index (χ0) is 20.4. The summed E-state index contributed by atoms with van der Waals surface area (Å²) in [6, 6.07) is 8.49. The van der Waals surface area contributed by atoms with E-state index in [2.05, 4.69) is 20.9 Å². The molecule has 2 heterocycles. The summed E-state index contributed by atoms with van der Waals surface area (Å²) in [4.78, 5) is 29.7. The maximum absolute atomic E-state index is 13.1. The first-order valence-corrected chi connectivity index (χ1v) is 10.9. The molecule has 0 bridgehead atoms. The number of Topliss-reactive ketones (excluding diaryl/α,β-unsaturated/α-hetero) is 1. The lowest BCUT2D eigenvalue weighted by Crippen LogP contribution is -2.54. The van der Waals surface area contributed by atoms with Crippen molar-refractivity contribution < 1.29 is 9.59 Å². The number of carbonyl (C=O) groups is 2. The van der Waals surface area contributed by atoms with Gasteiger partial charge in [-0.2, -0.15) is 0 Å². The summed E-state index contributed by atoms with van der Waals surface area (Å²) in [7, 11) is 2.01. The third-order valence-corrected chi connectivity index (χ3v) is 6.64. The Hall–Kier alpha value is -2.34. The maximum atomic E-state index is 13.1. The van der Waals surface area contributed by atoms with Crippen molar-refractivity contribution in [2.75, 3.05) is 32.7 Å². The highest BCUT2D eigenvalue weighted by atomic mass is 16.2. The van der Waals surface area contributed by atoms with E-state index in [-0.39, 0.29) is 11.8 Å². The van der Waals surface area contributed by atoms with Crippen molar-refractivity contribution in [3.63, 3.8) is 0 Å². The molecular weight excluding hydrogens is 364 g/mol. The number of urea groups is 1. The monoisotopic (exact) mass is 396 g/mol. The molecule has 1 aromatic carbocycles. The second kappa shape index (κ2) is 8.57. The summed E-state index contributed by atoms with van der Waals surface area (Å²) >= 11 is 0. The summed E-state index contributed by atoms with van der Waals surface area (Å²) < 4.78 is 2.09. The lowest BCUT2D eigenvalue weighted by molar-refractivity contribution is 0.0877. The number of fused-ring (bicyclic) bond motifs is 1. The van der Waals surface area contributed by atoms with Crippen molar-refractivity contribution in [3.8, 4) is 0 Å². The SMILES string of the molecule is Cc1c(C(=O)CN2CCN(C(=O)NC3CCCCC3)CC2)c2ccccc2n1C. The molecule has 1 aliphatic carbocycles. The predicted molar refractivity (Wildman–Crippen MR) is 115 cm³/mol. The maximum Gasteiger partial charge on any atom is 0.317 e. The van der Waals surface area contributed by atoms with E-state index in [1.165, 1.54) is 19.3 Å². The Labute approximate surface area is 172 Å². The number of para-hydroxylation sites is 1. The highest BCUT2D eigenvalue weighted by Crippen LogP contribution is 2.25. The fourth-order valence-corrected chi connectivity index (χ4v) is 4.78. The van der Waals surface area contributed by atoms with Crippen LogP contribution < -0.4 is 5.32 Å². The minimum Gasteiger partial charge on any atom is -0.347 e. The first-order valence-electron chi connectivity index (χ1n) is 10.9. The molecule has 0 atom stereocenters. The molecular formula is C23H32N4O2. The van der Waals surface area contributed by atoms with E-state index >= 15 is 0 Å². The number of hydrogen-bond acceptors (Lipinski definition) is 3. The van der Waals surface area contributed by atoms with Crippen molar-refractivity contribution in [2.45, 2.75) is 45.1 Å². The first kappa shape index (κ1) is 20.0. The zero-order valence-corrected chi connectivity index (χ0v) is 17.6. The van der Waals surface area contributed by atoms with Gasteiger partial charge in [-0.3, -0.25) is 9.69 Å². The van der Waals surface area contributed by atoms with Crippen molar-refractivity contribution in [1.29, 1.82) is 0 Å². The molecule has 1 aliphatic heterocycles. The normalized spacial score (nSPS) is 18.9. The lowest BCUT2D eigenvalue weighted by atomic mass is 9.96. The molecule has 6 heteroatoms. The van der Waals surface area contributed by atoms with Gasteiger partial charge in [0.15, 0.2) is 5.78 Å². The summed E-state index contributed by atoms with van der Waals surface area (Å²) in [6.45, 7) is 5.27. The van der Waals surface area contributed by atoms with Gasteiger partial charge >= 0.3 is 6.03 Å². The Balaban J connectivity index is 1.33. The summed E-state index contributed by atoms with van der Waals surface area (Å²) in [6.07, 6.45) is 5.92. The molecule has 29 heavy (non-hydrogen) atoms. The first-order chi connectivity index (χ1) is 14.0. The summed E-state index contributed by atoms with van der Waals surface area (Å²) in [5.41, 5.74) is 2.94. The van der Waals surface area contributed by atoms with E-state index in [0.29, 0.717) is 25.7 Å². The number of nitrogens with zero attached hydrogens (tertiary/aromatic N) is 3. The fourth-order valence-electron chi connectivity index (χ4n) is 4.78. The van der Waals surface area contributed by atoms with Gasteiger partial charge in [-0.05, 0) is 25.8 Å². The third kappa shape index (κ3) is 4.17. The van der Waals surface area contributed by atoms with Crippen LogP contribution in [0.25, 0.3) is 10.9 Å². The molecule has 2 amide bonds. The van der Waals surface area contributed by atoms with E-state index < -0.39 is 0 Å². The van der Waals surface area contributed by atoms with Gasteiger partial charge < -0.3 is 14.8 Å². The van der Waals surface area contributed by atoms with Crippen molar-refractivity contribution >= 4 is 22.7 Å². The molecule has 0 unspecified atom stereocenters. The number of carbonyl (C=O) groups excluding carboxylic acids is 2. The second-order valence-corrected chi connectivity index (χ2v) is 8.51. The van der Waals surface area contributed by atoms with E-state index in [1.807, 2.05) is 37.1 Å². The molecule has 0 radical (unpaired) electrons. The van der Waals surface area contributed by atoms with Crippen LogP contribution in [0.2, 0.25) is 0 Å². The Kier molecular flexibility index (Phi) is 5.90. The van der Waals surface area contributed by atoms with Gasteiger partial charge in [-0.25, -0.2) is 4.79 Å². The number of aromatic nitrogens is 1. The van der Waals surface area contributed by atoms with Crippen LogP contribution in [0.1, 0.15) is 48.2 Å². The molecule has 156 valence electrons. The number of piperazine rings is 1. The quantitative estimate of drug-likeness (QED) is 0.807. The van der Waals surface area contributed by atoms with Gasteiger partial charge in [0.2, 0.25) is 0 Å². The molecule has 1 N–H and O–H groups in total. The Morgan fingerprint density at radius 1 is 1.03 bits per heavy atom. The van der Waals surface area contributed by atoms with Crippen molar-refractivity contribution in [3.05, 3.63) is 35.5 Å². The topological polar surface area (TPSA) is 57.6 Å². The number of aryl methyl sites for hydroxylation is 1. The van der Waals surface area contributed by atoms with Gasteiger partial charge in [-0.1, -0.05) is 37.5 Å². The van der Waals surface area contributed by atoms with Gasteiger partial charge in [0, 0.05) is 61.4 Å². The average molecular weight is 397 g/mol. The van der Waals surface area contributed by atoms with Crippen LogP contribution >= 0.6 is 0 Å². The molecule has 2 aliphatic rings. The Morgan fingerprint density at radius 3 is 2.45 bits per heavy atom. The molecule has 6 nitrogen and oxygen atoms in total. The lowest BCUT2D eigenvalue weighted by Gasteiger charge is -2.35. The average Bonchev–Trinajstić information content (AvgIpc) is 3.00. The number of ketones is 1. The van der Waals surface area contributed by atoms with Gasteiger partial charge in [0.25, 0.3) is 0 Å². The van der Waals surface area contributed by atoms with Crippen LogP contribution in [-0.2, 0) is 7.05 Å². The van der Waals surface area contributed by atoms with E-state index in [0.717, 1.165) is 48.1 Å². The molecule has 4 rings (SSSR count). The molecule has 0 spiro atoms.